The van der Waals surface area contributed by atoms with Gasteiger partial charge in [-0.2, -0.15) is 0 Å². The lowest BCUT2D eigenvalue weighted by Gasteiger charge is -2.18. The maximum Gasteiger partial charge on any atom is 0.0808 e. The molecule has 0 rings (SSSR count). The molecule has 0 radical (unpaired) electrons. The lowest BCUT2D eigenvalue weighted by atomic mass is 10.1. The molecule has 0 aliphatic heterocycles. The summed E-state index contributed by atoms with van der Waals surface area (Å²) in [5, 5.41) is 9.00. The second-order valence-electron chi connectivity index (χ2n) is 15.1. The predicted molar refractivity (Wildman–Crippen MR) is 219 cm³/mol. The fourth-order valence-corrected chi connectivity index (χ4v) is 6.67. The van der Waals surface area contributed by atoms with Gasteiger partial charge in [0.25, 0.3) is 0 Å². The summed E-state index contributed by atoms with van der Waals surface area (Å²) in [6.07, 6.45) is 55.9. The van der Waals surface area contributed by atoms with Crippen molar-refractivity contribution >= 4 is 0 Å². The van der Waals surface area contributed by atoms with Gasteiger partial charge in [0.1, 0.15) is 0 Å². The topological polar surface area (TPSA) is 38.7 Å². The molecule has 0 heterocycles. The number of unbranched alkanes of at least 4 members (excludes halogenated alkanes) is 29. The SMILES string of the molecule is CCCCCCCC/C=C\CCCCCCCCOCC(CCCCCCCCO)OCCCCCCCC/C=C\CCCCCCCC. The maximum absolute atomic E-state index is 9.00. The zero-order chi connectivity index (χ0) is 35.4. The number of ether oxygens (including phenoxy) is 2. The van der Waals surface area contributed by atoms with E-state index in [0.29, 0.717) is 6.61 Å². The minimum atomic E-state index is 0.259. The summed E-state index contributed by atoms with van der Waals surface area (Å²) < 4.78 is 12.5. The van der Waals surface area contributed by atoms with Crippen LogP contribution >= 0.6 is 0 Å². The highest BCUT2D eigenvalue weighted by Crippen LogP contribution is 2.15. The molecule has 0 amide bonds. The van der Waals surface area contributed by atoms with Crippen LogP contribution in [-0.4, -0.2) is 37.6 Å². The average Bonchev–Trinajstić information content (AvgIpc) is 3.11. The Bertz CT molecular complexity index is 630. The average molecular weight is 691 g/mol. The third-order valence-electron chi connectivity index (χ3n) is 10.0. The van der Waals surface area contributed by atoms with E-state index in [4.69, 9.17) is 14.6 Å². The van der Waals surface area contributed by atoms with Crippen LogP contribution in [-0.2, 0) is 9.47 Å². The minimum absolute atomic E-state index is 0.259. The lowest BCUT2D eigenvalue weighted by molar-refractivity contribution is -0.0235. The third-order valence-corrected chi connectivity index (χ3v) is 10.0. The first-order valence-corrected chi connectivity index (χ1v) is 22.4. The van der Waals surface area contributed by atoms with Gasteiger partial charge in [0.05, 0.1) is 12.7 Å². The molecule has 0 aromatic heterocycles. The number of allylic oxidation sites excluding steroid dienone is 4. The van der Waals surface area contributed by atoms with Crippen LogP contribution in [0.5, 0.6) is 0 Å². The van der Waals surface area contributed by atoms with Gasteiger partial charge >= 0.3 is 0 Å². The highest BCUT2D eigenvalue weighted by atomic mass is 16.5. The molecule has 0 saturated carbocycles. The van der Waals surface area contributed by atoms with Gasteiger partial charge in [-0.05, 0) is 77.0 Å². The molecule has 0 spiro atoms. The van der Waals surface area contributed by atoms with E-state index < -0.39 is 0 Å². The van der Waals surface area contributed by atoms with Crippen molar-refractivity contribution in [1.29, 1.82) is 0 Å². The van der Waals surface area contributed by atoms with E-state index in [1.54, 1.807) is 0 Å². The Morgan fingerprint density at radius 1 is 0.388 bits per heavy atom. The van der Waals surface area contributed by atoms with E-state index in [-0.39, 0.29) is 6.10 Å². The highest BCUT2D eigenvalue weighted by molar-refractivity contribution is 4.82. The van der Waals surface area contributed by atoms with Crippen molar-refractivity contribution in [2.45, 2.75) is 245 Å². The smallest absolute Gasteiger partial charge is 0.0808 e. The van der Waals surface area contributed by atoms with Crippen LogP contribution in [0.25, 0.3) is 0 Å². The van der Waals surface area contributed by atoms with E-state index in [0.717, 1.165) is 39.1 Å². The standard InChI is InChI=1S/C46H90O3/c1-3-5-7-9-11-13-15-17-19-21-23-25-27-31-35-39-43-48-45-46(41-37-33-29-30-34-38-42-47)49-44-40-36-32-28-26-24-22-20-18-16-14-12-10-8-6-4-2/h17-20,46-47H,3-16,21-45H2,1-2H3/b19-17-,20-18-. The Morgan fingerprint density at radius 2 is 0.735 bits per heavy atom. The normalized spacial score (nSPS) is 12.6. The Morgan fingerprint density at radius 3 is 1.16 bits per heavy atom. The summed E-state index contributed by atoms with van der Waals surface area (Å²) in [7, 11) is 0. The Kier molecular flexibility index (Phi) is 44.8. The van der Waals surface area contributed by atoms with Crippen molar-refractivity contribution in [1.82, 2.24) is 0 Å². The van der Waals surface area contributed by atoms with E-state index in [1.807, 2.05) is 0 Å². The van der Waals surface area contributed by atoms with Gasteiger partial charge in [-0.3, -0.25) is 0 Å². The minimum Gasteiger partial charge on any atom is -0.396 e. The summed E-state index contributed by atoms with van der Waals surface area (Å²) in [5.74, 6) is 0. The largest absolute Gasteiger partial charge is 0.396 e. The quantitative estimate of drug-likeness (QED) is 0.0511. The molecule has 0 bridgehead atoms. The van der Waals surface area contributed by atoms with E-state index >= 15 is 0 Å². The molecule has 1 unspecified atom stereocenters. The van der Waals surface area contributed by atoms with Gasteiger partial charge in [-0.25, -0.2) is 0 Å². The van der Waals surface area contributed by atoms with Crippen LogP contribution in [0.3, 0.4) is 0 Å². The van der Waals surface area contributed by atoms with Gasteiger partial charge in [0, 0.05) is 19.8 Å². The number of rotatable bonds is 43. The highest BCUT2D eigenvalue weighted by Gasteiger charge is 2.10. The zero-order valence-electron chi connectivity index (χ0n) is 33.7. The Balaban J connectivity index is 3.82. The van der Waals surface area contributed by atoms with Crippen LogP contribution in [0.15, 0.2) is 24.3 Å². The zero-order valence-corrected chi connectivity index (χ0v) is 33.7. The molecule has 49 heavy (non-hydrogen) atoms. The molecule has 1 atom stereocenters. The molecule has 0 aromatic carbocycles. The number of aliphatic hydroxyl groups is 1. The van der Waals surface area contributed by atoms with Gasteiger partial charge < -0.3 is 14.6 Å². The fourth-order valence-electron chi connectivity index (χ4n) is 6.67. The molecule has 3 nitrogen and oxygen atoms in total. The molecule has 3 heteroatoms. The molecule has 0 aliphatic carbocycles. The summed E-state index contributed by atoms with van der Waals surface area (Å²) in [4.78, 5) is 0. The second-order valence-corrected chi connectivity index (χ2v) is 15.1. The summed E-state index contributed by atoms with van der Waals surface area (Å²) in [5.41, 5.74) is 0. The molecule has 0 fully saturated rings. The van der Waals surface area contributed by atoms with Crippen molar-refractivity contribution in [2.75, 3.05) is 26.4 Å². The van der Waals surface area contributed by atoms with Gasteiger partial charge in [0.15, 0.2) is 0 Å². The van der Waals surface area contributed by atoms with Crippen molar-refractivity contribution in [3.63, 3.8) is 0 Å². The summed E-state index contributed by atoms with van der Waals surface area (Å²) >= 11 is 0. The van der Waals surface area contributed by atoms with E-state index in [2.05, 4.69) is 38.2 Å². The lowest BCUT2D eigenvalue weighted by Crippen LogP contribution is -2.21. The monoisotopic (exact) mass is 691 g/mol. The van der Waals surface area contributed by atoms with Crippen LogP contribution in [0.4, 0.5) is 0 Å². The van der Waals surface area contributed by atoms with Crippen LogP contribution in [0, 0.1) is 0 Å². The first kappa shape index (κ1) is 48.4. The van der Waals surface area contributed by atoms with Crippen LogP contribution < -0.4 is 0 Å². The first-order chi connectivity index (χ1) is 24.3. The van der Waals surface area contributed by atoms with Crippen molar-refractivity contribution in [3.8, 4) is 0 Å². The van der Waals surface area contributed by atoms with Gasteiger partial charge in [0.2, 0.25) is 0 Å². The van der Waals surface area contributed by atoms with Crippen molar-refractivity contribution in [3.05, 3.63) is 24.3 Å². The molecule has 1 N–H and O–H groups in total. The van der Waals surface area contributed by atoms with E-state index in [9.17, 15) is 0 Å². The Hall–Kier alpha value is -0.640. The van der Waals surface area contributed by atoms with Crippen LogP contribution in [0.2, 0.25) is 0 Å². The number of hydrogen-bond donors (Lipinski definition) is 1. The van der Waals surface area contributed by atoms with Gasteiger partial charge in [-0.1, -0.05) is 186 Å². The second kappa shape index (κ2) is 45.4. The molecule has 292 valence electrons. The number of aliphatic hydroxyl groups excluding tert-OH is 1. The molecular formula is C46H90O3. The van der Waals surface area contributed by atoms with Gasteiger partial charge in [-0.15, -0.1) is 0 Å². The molecule has 0 aromatic rings. The van der Waals surface area contributed by atoms with Crippen molar-refractivity contribution < 1.29 is 14.6 Å². The number of hydrogen-bond acceptors (Lipinski definition) is 3. The van der Waals surface area contributed by atoms with Crippen LogP contribution in [0.1, 0.15) is 239 Å². The van der Waals surface area contributed by atoms with Crippen molar-refractivity contribution in [2.24, 2.45) is 0 Å². The maximum atomic E-state index is 9.00. The molecular weight excluding hydrogens is 601 g/mol. The first-order valence-electron chi connectivity index (χ1n) is 22.4. The van der Waals surface area contributed by atoms with E-state index in [1.165, 1.54) is 205 Å². The summed E-state index contributed by atoms with van der Waals surface area (Å²) in [6, 6.07) is 0. The summed E-state index contributed by atoms with van der Waals surface area (Å²) in [6.45, 7) is 7.45. The fraction of sp³-hybridized carbons (Fsp3) is 0.913. The third kappa shape index (κ3) is 43.4. The molecule has 0 aliphatic rings. The Labute approximate surface area is 309 Å². The predicted octanol–water partition coefficient (Wildman–Crippen LogP) is 15.2. The molecule has 0 saturated heterocycles.